The zero-order chi connectivity index (χ0) is 12.5. The summed E-state index contributed by atoms with van der Waals surface area (Å²) in [5.41, 5.74) is 1.92. The molecular weight excluding hydrogens is 250 g/mol. The first-order chi connectivity index (χ1) is 8.72. The van der Waals surface area contributed by atoms with Gasteiger partial charge in [0.15, 0.2) is 0 Å². The van der Waals surface area contributed by atoms with Gasteiger partial charge in [-0.05, 0) is 12.1 Å². The van der Waals surface area contributed by atoms with Crippen LogP contribution in [0.2, 0.25) is 5.02 Å². The number of carbonyl (C=O) groups excluding carboxylic acids is 1. The highest BCUT2D eigenvalue weighted by molar-refractivity contribution is 6.30. The van der Waals surface area contributed by atoms with Gasteiger partial charge in [-0.2, -0.15) is 0 Å². The lowest BCUT2D eigenvalue weighted by molar-refractivity contribution is -0.119. The van der Waals surface area contributed by atoms with Crippen molar-refractivity contribution in [3.05, 3.63) is 41.3 Å². The van der Waals surface area contributed by atoms with Gasteiger partial charge in [-0.25, -0.2) is 4.98 Å². The number of rotatable bonds is 2. The Bertz CT molecular complexity index is 593. The van der Waals surface area contributed by atoms with Crippen LogP contribution in [-0.2, 0) is 4.79 Å². The van der Waals surface area contributed by atoms with Crippen LogP contribution in [-0.4, -0.2) is 22.4 Å². The highest BCUT2D eigenvalue weighted by Gasteiger charge is 2.25. The number of hydrogen-bond donors (Lipinski definition) is 2. The predicted octanol–water partition coefficient (Wildman–Crippen LogP) is 2.33. The first kappa shape index (κ1) is 11.3. The van der Waals surface area contributed by atoms with Crippen LogP contribution in [0.1, 0.15) is 18.2 Å². The highest BCUT2D eigenvalue weighted by Crippen LogP contribution is 2.25. The average Bonchev–Trinajstić information content (AvgIpc) is 2.97. The maximum atomic E-state index is 11.2. The Morgan fingerprint density at radius 1 is 1.39 bits per heavy atom. The molecule has 2 aromatic rings. The van der Waals surface area contributed by atoms with Crippen LogP contribution in [0.15, 0.2) is 30.5 Å². The molecule has 3 rings (SSSR count). The van der Waals surface area contributed by atoms with Gasteiger partial charge in [0.1, 0.15) is 5.82 Å². The molecule has 1 fully saturated rings. The summed E-state index contributed by atoms with van der Waals surface area (Å²) in [5, 5.41) is 3.50. The Kier molecular flexibility index (Phi) is 2.80. The largest absolute Gasteiger partial charge is 0.355 e. The van der Waals surface area contributed by atoms with Gasteiger partial charge >= 0.3 is 0 Å². The molecule has 0 aliphatic carbocycles. The first-order valence-electron chi connectivity index (χ1n) is 5.80. The molecule has 4 nitrogen and oxygen atoms in total. The molecule has 1 aromatic heterocycles. The quantitative estimate of drug-likeness (QED) is 0.872. The van der Waals surface area contributed by atoms with Crippen molar-refractivity contribution in [3.63, 3.8) is 0 Å². The van der Waals surface area contributed by atoms with Gasteiger partial charge < -0.3 is 10.3 Å². The van der Waals surface area contributed by atoms with Gasteiger partial charge in [0.2, 0.25) is 5.91 Å². The van der Waals surface area contributed by atoms with Crippen molar-refractivity contribution in [2.24, 2.45) is 0 Å². The number of H-pyrrole nitrogens is 1. The number of aromatic nitrogens is 2. The summed E-state index contributed by atoms with van der Waals surface area (Å²) >= 11 is 5.96. The van der Waals surface area contributed by atoms with E-state index in [1.165, 1.54) is 0 Å². The number of halogens is 1. The van der Waals surface area contributed by atoms with Gasteiger partial charge in [-0.1, -0.05) is 23.7 Å². The van der Waals surface area contributed by atoms with Gasteiger partial charge in [-0.3, -0.25) is 4.79 Å². The Hall–Kier alpha value is -1.81. The molecule has 0 spiro atoms. The normalized spacial score (nSPS) is 18.9. The summed E-state index contributed by atoms with van der Waals surface area (Å²) in [4.78, 5) is 18.8. The number of hydrogen-bond acceptors (Lipinski definition) is 2. The third kappa shape index (κ3) is 2.11. The fraction of sp³-hybridized carbons (Fsp3) is 0.231. The van der Waals surface area contributed by atoms with Crippen molar-refractivity contribution in [2.45, 2.75) is 12.3 Å². The second-order valence-electron chi connectivity index (χ2n) is 4.40. The minimum absolute atomic E-state index is 0.0840. The van der Waals surface area contributed by atoms with Crippen molar-refractivity contribution in [1.29, 1.82) is 0 Å². The molecule has 1 unspecified atom stereocenters. The first-order valence-corrected chi connectivity index (χ1v) is 6.18. The molecule has 1 atom stereocenters. The molecule has 0 radical (unpaired) electrons. The van der Waals surface area contributed by atoms with Crippen LogP contribution in [0.4, 0.5) is 0 Å². The molecule has 1 aromatic carbocycles. The molecule has 2 N–H and O–H groups in total. The summed E-state index contributed by atoms with van der Waals surface area (Å²) in [6.45, 7) is 0.654. The van der Waals surface area contributed by atoms with Crippen molar-refractivity contribution in [1.82, 2.24) is 15.3 Å². The minimum Gasteiger partial charge on any atom is -0.355 e. The third-order valence-electron chi connectivity index (χ3n) is 3.10. The fourth-order valence-corrected chi connectivity index (χ4v) is 2.34. The number of nitrogens with one attached hydrogen (secondary N) is 2. The van der Waals surface area contributed by atoms with Crippen LogP contribution < -0.4 is 5.32 Å². The number of benzene rings is 1. The summed E-state index contributed by atoms with van der Waals surface area (Å²) in [6.07, 6.45) is 2.28. The zero-order valence-corrected chi connectivity index (χ0v) is 10.4. The SMILES string of the molecule is O=C1CC(c2ncc(-c3cccc(Cl)c3)[nH]2)CN1. The van der Waals surface area contributed by atoms with E-state index in [0.29, 0.717) is 18.0 Å². The summed E-state index contributed by atoms with van der Waals surface area (Å²) < 4.78 is 0. The molecule has 18 heavy (non-hydrogen) atoms. The van der Waals surface area contributed by atoms with Crippen molar-refractivity contribution < 1.29 is 4.79 Å². The van der Waals surface area contributed by atoms with Crippen LogP contribution in [0.3, 0.4) is 0 Å². The number of nitrogens with zero attached hydrogens (tertiary/aromatic N) is 1. The van der Waals surface area contributed by atoms with Gasteiger partial charge in [0.05, 0.1) is 11.9 Å². The third-order valence-corrected chi connectivity index (χ3v) is 3.33. The van der Waals surface area contributed by atoms with E-state index in [1.54, 1.807) is 6.20 Å². The number of carbonyl (C=O) groups is 1. The standard InChI is InChI=1S/C13H12ClN3O/c14-10-3-1-2-8(4-10)11-7-16-13(17-11)9-5-12(18)15-6-9/h1-4,7,9H,5-6H2,(H,15,18)(H,16,17). The molecule has 1 amide bonds. The number of amides is 1. The van der Waals surface area contributed by atoms with E-state index in [0.717, 1.165) is 17.1 Å². The predicted molar refractivity (Wildman–Crippen MR) is 69.4 cm³/mol. The molecule has 1 saturated heterocycles. The van der Waals surface area contributed by atoms with Gasteiger partial charge in [0, 0.05) is 29.5 Å². The van der Waals surface area contributed by atoms with E-state index in [1.807, 2.05) is 24.3 Å². The van der Waals surface area contributed by atoms with Crippen molar-refractivity contribution >= 4 is 17.5 Å². The molecule has 5 heteroatoms. The van der Waals surface area contributed by atoms with E-state index in [9.17, 15) is 4.79 Å². The summed E-state index contributed by atoms with van der Waals surface area (Å²) in [7, 11) is 0. The minimum atomic E-state index is 0.0840. The van der Waals surface area contributed by atoms with Crippen LogP contribution in [0, 0.1) is 0 Å². The van der Waals surface area contributed by atoms with Crippen LogP contribution >= 0.6 is 11.6 Å². The van der Waals surface area contributed by atoms with Crippen molar-refractivity contribution in [3.8, 4) is 11.3 Å². The molecule has 1 aliphatic rings. The number of imidazole rings is 1. The molecule has 2 heterocycles. The fourth-order valence-electron chi connectivity index (χ4n) is 2.15. The molecule has 0 saturated carbocycles. The van der Waals surface area contributed by atoms with E-state index in [2.05, 4.69) is 15.3 Å². The van der Waals surface area contributed by atoms with E-state index in [-0.39, 0.29) is 11.8 Å². The second-order valence-corrected chi connectivity index (χ2v) is 4.83. The summed E-state index contributed by atoms with van der Waals surface area (Å²) in [5.74, 6) is 1.08. The lowest BCUT2D eigenvalue weighted by Gasteiger charge is -2.02. The Balaban J connectivity index is 1.87. The topological polar surface area (TPSA) is 57.8 Å². The Morgan fingerprint density at radius 2 is 2.28 bits per heavy atom. The van der Waals surface area contributed by atoms with E-state index >= 15 is 0 Å². The smallest absolute Gasteiger partial charge is 0.220 e. The second kappa shape index (κ2) is 4.46. The molecular formula is C13H12ClN3O. The van der Waals surface area contributed by atoms with Crippen molar-refractivity contribution in [2.75, 3.05) is 6.54 Å². The van der Waals surface area contributed by atoms with Crippen LogP contribution in [0.25, 0.3) is 11.3 Å². The van der Waals surface area contributed by atoms with E-state index in [4.69, 9.17) is 11.6 Å². The zero-order valence-electron chi connectivity index (χ0n) is 9.61. The monoisotopic (exact) mass is 261 g/mol. The maximum absolute atomic E-state index is 11.2. The lowest BCUT2D eigenvalue weighted by atomic mass is 10.1. The van der Waals surface area contributed by atoms with E-state index < -0.39 is 0 Å². The Labute approximate surface area is 109 Å². The molecule has 0 bridgehead atoms. The molecule has 92 valence electrons. The highest BCUT2D eigenvalue weighted by atomic mass is 35.5. The van der Waals surface area contributed by atoms with Gasteiger partial charge in [-0.15, -0.1) is 0 Å². The Morgan fingerprint density at radius 3 is 3.00 bits per heavy atom. The number of aromatic amines is 1. The lowest BCUT2D eigenvalue weighted by Crippen LogP contribution is -2.13. The summed E-state index contributed by atoms with van der Waals surface area (Å²) in [6, 6.07) is 7.60. The maximum Gasteiger partial charge on any atom is 0.220 e. The average molecular weight is 262 g/mol. The van der Waals surface area contributed by atoms with Crippen LogP contribution in [0.5, 0.6) is 0 Å². The van der Waals surface area contributed by atoms with Gasteiger partial charge in [0.25, 0.3) is 0 Å². The molecule has 1 aliphatic heterocycles.